The molecule has 0 saturated heterocycles. The van der Waals surface area contributed by atoms with E-state index in [1.807, 2.05) is 11.8 Å². The molecular weight excluding hydrogens is 249 g/mol. The molecule has 0 aromatic carbocycles. The minimum Gasteiger partial charge on any atom is -0.323 e. The smallest absolute Gasteiger partial charge is 0.0916 e. The molecule has 1 fully saturated rings. The summed E-state index contributed by atoms with van der Waals surface area (Å²) in [6, 6.07) is 0. The second-order valence-corrected chi connectivity index (χ2v) is 9.73. The fourth-order valence-corrected chi connectivity index (χ4v) is 6.11. The lowest BCUT2D eigenvalue weighted by molar-refractivity contribution is 0.481. The van der Waals surface area contributed by atoms with Crippen LogP contribution in [-0.4, -0.2) is 43.1 Å². The minimum absolute atomic E-state index is 0.545. The van der Waals surface area contributed by atoms with Crippen LogP contribution in [-0.2, 0) is 4.57 Å². The molecule has 1 aliphatic rings. The van der Waals surface area contributed by atoms with Crippen LogP contribution in [0, 0.1) is 0 Å². The zero-order valence-corrected chi connectivity index (χ0v) is 13.1. The van der Waals surface area contributed by atoms with Crippen LogP contribution in [0.2, 0.25) is 0 Å². The molecule has 1 N–H and O–H groups in total. The molecule has 1 rings (SSSR count). The van der Waals surface area contributed by atoms with Gasteiger partial charge < -0.3 is 9.88 Å². The molecular formula is C13H28NOPS. The van der Waals surface area contributed by atoms with E-state index in [1.54, 1.807) is 0 Å². The van der Waals surface area contributed by atoms with E-state index < -0.39 is 7.14 Å². The summed E-state index contributed by atoms with van der Waals surface area (Å²) in [7, 11) is -1.89. The van der Waals surface area contributed by atoms with Crippen LogP contribution in [0.4, 0.5) is 0 Å². The molecule has 0 amide bonds. The van der Waals surface area contributed by atoms with Gasteiger partial charge in [-0.05, 0) is 25.3 Å². The molecule has 2 nitrogen and oxygen atoms in total. The Labute approximate surface area is 111 Å². The molecule has 0 radical (unpaired) electrons. The Hall–Kier alpha value is 0.540. The predicted molar refractivity (Wildman–Crippen MR) is 81.1 cm³/mol. The monoisotopic (exact) mass is 277 g/mol. The minimum atomic E-state index is -1.89. The highest BCUT2D eigenvalue weighted by Crippen LogP contribution is 2.54. The van der Waals surface area contributed by atoms with Crippen LogP contribution in [0.25, 0.3) is 0 Å². The molecule has 102 valence electrons. The van der Waals surface area contributed by atoms with Crippen molar-refractivity contribution in [2.45, 2.75) is 44.7 Å². The summed E-state index contributed by atoms with van der Waals surface area (Å²) in [5.41, 5.74) is 0.545. The maximum atomic E-state index is 12.9. The molecule has 1 unspecified atom stereocenters. The SMILES string of the molecule is CCP(=O)(CCNCCSC)C1CCCCC1. The van der Waals surface area contributed by atoms with Gasteiger partial charge in [0.05, 0.1) is 7.14 Å². The van der Waals surface area contributed by atoms with E-state index in [9.17, 15) is 4.57 Å². The van der Waals surface area contributed by atoms with Gasteiger partial charge >= 0.3 is 0 Å². The molecule has 0 aliphatic heterocycles. The Morgan fingerprint density at radius 3 is 2.53 bits per heavy atom. The zero-order chi connectivity index (χ0) is 12.6. The third-order valence-corrected chi connectivity index (χ3v) is 8.44. The van der Waals surface area contributed by atoms with Gasteiger partial charge in [-0.25, -0.2) is 0 Å². The Kier molecular flexibility index (Phi) is 7.90. The molecule has 1 aliphatic carbocycles. The maximum absolute atomic E-state index is 12.9. The van der Waals surface area contributed by atoms with Gasteiger partial charge in [0.25, 0.3) is 0 Å². The molecule has 4 heteroatoms. The Morgan fingerprint density at radius 2 is 1.94 bits per heavy atom. The Balaban J connectivity index is 2.31. The van der Waals surface area contributed by atoms with Gasteiger partial charge in [-0.2, -0.15) is 11.8 Å². The first-order chi connectivity index (χ1) is 8.23. The quantitative estimate of drug-likeness (QED) is 0.542. The molecule has 0 spiro atoms. The zero-order valence-electron chi connectivity index (χ0n) is 11.4. The molecule has 1 saturated carbocycles. The molecule has 0 aromatic heterocycles. The van der Waals surface area contributed by atoms with Gasteiger partial charge in [-0.15, -0.1) is 0 Å². The molecule has 1 atom stereocenters. The summed E-state index contributed by atoms with van der Waals surface area (Å²) >= 11 is 1.86. The van der Waals surface area contributed by atoms with Crippen molar-refractivity contribution in [3.8, 4) is 0 Å². The second-order valence-electron chi connectivity index (χ2n) is 5.03. The van der Waals surface area contributed by atoms with Crippen molar-refractivity contribution in [2.24, 2.45) is 0 Å². The average molecular weight is 277 g/mol. The highest BCUT2D eigenvalue weighted by Gasteiger charge is 2.31. The van der Waals surface area contributed by atoms with E-state index in [1.165, 1.54) is 32.1 Å². The lowest BCUT2D eigenvalue weighted by atomic mass is 10.0. The first kappa shape index (κ1) is 15.6. The van der Waals surface area contributed by atoms with Crippen molar-refractivity contribution in [2.75, 3.05) is 37.4 Å². The lowest BCUT2D eigenvalue weighted by Crippen LogP contribution is -2.25. The molecule has 17 heavy (non-hydrogen) atoms. The number of hydrogen-bond acceptors (Lipinski definition) is 3. The number of nitrogens with one attached hydrogen (secondary N) is 1. The fraction of sp³-hybridized carbons (Fsp3) is 1.00. The van der Waals surface area contributed by atoms with E-state index >= 15 is 0 Å². The van der Waals surface area contributed by atoms with E-state index in [2.05, 4.69) is 18.5 Å². The lowest BCUT2D eigenvalue weighted by Gasteiger charge is -2.30. The average Bonchev–Trinajstić information content (AvgIpc) is 2.39. The highest BCUT2D eigenvalue weighted by atomic mass is 32.2. The van der Waals surface area contributed by atoms with Crippen LogP contribution < -0.4 is 5.32 Å². The molecule has 0 aromatic rings. The normalized spacial score (nSPS) is 21.3. The van der Waals surface area contributed by atoms with Crippen LogP contribution in [0.3, 0.4) is 0 Å². The highest BCUT2D eigenvalue weighted by molar-refractivity contribution is 7.98. The number of rotatable bonds is 8. The first-order valence-corrected chi connectivity index (χ1v) is 10.5. The third kappa shape index (κ3) is 5.36. The van der Waals surface area contributed by atoms with Crippen LogP contribution >= 0.6 is 18.9 Å². The van der Waals surface area contributed by atoms with Crippen molar-refractivity contribution in [1.82, 2.24) is 5.32 Å². The van der Waals surface area contributed by atoms with Gasteiger partial charge in [-0.1, -0.05) is 26.2 Å². The summed E-state index contributed by atoms with van der Waals surface area (Å²) in [4.78, 5) is 0. The van der Waals surface area contributed by atoms with E-state index in [4.69, 9.17) is 0 Å². The van der Waals surface area contributed by atoms with E-state index in [0.29, 0.717) is 5.66 Å². The first-order valence-electron chi connectivity index (χ1n) is 7.00. The van der Waals surface area contributed by atoms with Crippen LogP contribution in [0.15, 0.2) is 0 Å². The second kappa shape index (κ2) is 8.61. The summed E-state index contributed by atoms with van der Waals surface area (Å²) in [6.07, 6.45) is 10.3. The summed E-state index contributed by atoms with van der Waals surface area (Å²) < 4.78 is 12.9. The maximum Gasteiger partial charge on any atom is 0.0916 e. The van der Waals surface area contributed by atoms with Gasteiger partial charge in [0, 0.05) is 30.7 Å². The largest absolute Gasteiger partial charge is 0.323 e. The summed E-state index contributed by atoms with van der Waals surface area (Å²) in [5.74, 6) is 1.15. The van der Waals surface area contributed by atoms with Crippen molar-refractivity contribution in [1.29, 1.82) is 0 Å². The predicted octanol–water partition coefficient (Wildman–Crippen LogP) is 3.65. The summed E-state index contributed by atoms with van der Waals surface area (Å²) in [6.45, 7) is 4.12. The van der Waals surface area contributed by atoms with Gasteiger partial charge in [0.1, 0.15) is 0 Å². The molecule has 0 heterocycles. The van der Waals surface area contributed by atoms with Gasteiger partial charge in [0.15, 0.2) is 0 Å². The van der Waals surface area contributed by atoms with Crippen molar-refractivity contribution in [3.05, 3.63) is 0 Å². The standard InChI is InChI=1S/C13H28NOPS/c1-3-16(15,11-9-14-10-12-17-2)13-7-5-4-6-8-13/h13-14H,3-12H2,1-2H3. The van der Waals surface area contributed by atoms with Gasteiger partial charge in [-0.3, -0.25) is 0 Å². The van der Waals surface area contributed by atoms with Crippen LogP contribution in [0.1, 0.15) is 39.0 Å². The number of hydrogen-bond donors (Lipinski definition) is 1. The topological polar surface area (TPSA) is 29.1 Å². The fourth-order valence-electron chi connectivity index (χ4n) is 2.72. The molecule has 0 bridgehead atoms. The Morgan fingerprint density at radius 1 is 1.24 bits per heavy atom. The van der Waals surface area contributed by atoms with Crippen LogP contribution in [0.5, 0.6) is 0 Å². The Bertz CT molecular complexity index is 242. The third-order valence-electron chi connectivity index (χ3n) is 3.93. The van der Waals surface area contributed by atoms with E-state index in [-0.39, 0.29) is 0 Å². The van der Waals surface area contributed by atoms with Crippen molar-refractivity contribution in [3.63, 3.8) is 0 Å². The van der Waals surface area contributed by atoms with Crippen molar-refractivity contribution < 1.29 is 4.57 Å². The summed E-state index contributed by atoms with van der Waals surface area (Å²) in [5, 5.41) is 3.42. The number of thioether (sulfide) groups is 1. The van der Waals surface area contributed by atoms with Gasteiger partial charge in [0.2, 0.25) is 0 Å². The van der Waals surface area contributed by atoms with Crippen molar-refractivity contribution >= 4 is 18.9 Å². The van der Waals surface area contributed by atoms with E-state index in [0.717, 1.165) is 31.2 Å².